The first-order valence-electron chi connectivity index (χ1n) is 9.37. The Morgan fingerprint density at radius 2 is 1.88 bits per heavy atom. The minimum atomic E-state index is -4.92. The Bertz CT molecular complexity index is 1380. The number of alkyl halides is 3. The van der Waals surface area contributed by atoms with E-state index in [9.17, 15) is 25.8 Å². The number of pyridine rings is 1. The number of nitrogens with zero attached hydrogens (tertiary/aromatic N) is 2. The van der Waals surface area contributed by atoms with Crippen molar-refractivity contribution in [1.82, 2.24) is 9.97 Å². The molecule has 0 saturated carbocycles. The Hall–Kier alpha value is -2.49. The lowest BCUT2D eigenvalue weighted by Gasteiger charge is -2.07. The van der Waals surface area contributed by atoms with Crippen LogP contribution >= 0.6 is 0 Å². The van der Waals surface area contributed by atoms with Crippen LogP contribution in [0.15, 0.2) is 44.7 Å². The highest BCUT2D eigenvalue weighted by Gasteiger charge is 2.38. The number of halogens is 3. The summed E-state index contributed by atoms with van der Waals surface area (Å²) in [6.07, 6.45) is 1.40. The number of hydrogen-bond donors (Lipinski definition) is 0. The van der Waals surface area contributed by atoms with Crippen molar-refractivity contribution in [1.29, 1.82) is 0 Å². The number of rotatable bonds is 4. The van der Waals surface area contributed by atoms with Gasteiger partial charge in [0.1, 0.15) is 19.3 Å². The summed E-state index contributed by atoms with van der Waals surface area (Å²) in [5, 5.41) is 0. The second-order valence-electron chi connectivity index (χ2n) is 7.84. The van der Waals surface area contributed by atoms with E-state index in [1.807, 2.05) is 19.6 Å². The van der Waals surface area contributed by atoms with E-state index in [-0.39, 0.29) is 33.3 Å². The number of oxazole rings is 1. The topological polar surface area (TPSA) is 90.1 Å². The van der Waals surface area contributed by atoms with Crippen LogP contribution in [0.3, 0.4) is 0 Å². The molecule has 0 aliphatic carbocycles. The molecule has 0 aliphatic heterocycles. The molecule has 3 rings (SSSR count). The Kier molecular flexibility index (Phi) is 6.38. The highest BCUT2D eigenvalue weighted by atomic mass is 32.2. The molecule has 2 heterocycles. The van der Waals surface area contributed by atoms with Crippen LogP contribution < -0.4 is 0 Å². The van der Waals surface area contributed by atoms with Crippen molar-refractivity contribution in [3.8, 4) is 23.0 Å². The van der Waals surface area contributed by atoms with Gasteiger partial charge in [-0.15, -0.1) is 5.54 Å². The number of aromatic nitrogens is 2. The van der Waals surface area contributed by atoms with Crippen molar-refractivity contribution in [3.63, 3.8) is 0 Å². The normalized spacial score (nSPS) is 13.6. The molecule has 12 heteroatoms. The predicted octanol–water partition coefficient (Wildman–Crippen LogP) is 4.54. The maximum absolute atomic E-state index is 12.8. The highest BCUT2D eigenvalue weighted by molar-refractivity contribution is 7.91. The molecule has 2 aromatic heterocycles. The van der Waals surface area contributed by atoms with Crippen LogP contribution in [0.2, 0.25) is 19.6 Å². The van der Waals surface area contributed by atoms with Crippen molar-refractivity contribution in [2.24, 2.45) is 0 Å². The van der Waals surface area contributed by atoms with Gasteiger partial charge in [-0.05, 0) is 24.3 Å². The minimum absolute atomic E-state index is 0.000604. The maximum Gasteiger partial charge on any atom is 0.475 e. The molecule has 1 atom stereocenters. The van der Waals surface area contributed by atoms with E-state index < -0.39 is 39.1 Å². The van der Waals surface area contributed by atoms with E-state index >= 15 is 0 Å². The maximum atomic E-state index is 12.8. The zero-order valence-electron chi connectivity index (χ0n) is 17.6. The van der Waals surface area contributed by atoms with Gasteiger partial charge in [-0.3, -0.25) is 0 Å². The van der Waals surface area contributed by atoms with Gasteiger partial charge in [0, 0.05) is 11.8 Å². The quantitative estimate of drug-likeness (QED) is 0.386. The summed E-state index contributed by atoms with van der Waals surface area (Å²) in [6.45, 7) is 7.61. The van der Waals surface area contributed by atoms with E-state index in [4.69, 9.17) is 4.42 Å². The van der Waals surface area contributed by atoms with Crippen LogP contribution in [0, 0.1) is 11.5 Å². The van der Waals surface area contributed by atoms with Gasteiger partial charge in [-0.25, -0.2) is 22.6 Å². The highest BCUT2D eigenvalue weighted by Crippen LogP contribution is 2.32. The lowest BCUT2D eigenvalue weighted by Crippen LogP contribution is -2.16. The van der Waals surface area contributed by atoms with E-state index in [1.165, 1.54) is 25.3 Å². The zero-order chi connectivity index (χ0) is 23.9. The van der Waals surface area contributed by atoms with Gasteiger partial charge in [0.25, 0.3) is 0 Å². The fourth-order valence-electron chi connectivity index (χ4n) is 2.58. The van der Waals surface area contributed by atoms with E-state index in [2.05, 4.69) is 21.4 Å². The zero-order valence-corrected chi connectivity index (χ0v) is 20.2. The summed E-state index contributed by atoms with van der Waals surface area (Å²) < 4.78 is 80.9. The summed E-state index contributed by atoms with van der Waals surface area (Å²) in [5.74, 6) is 2.57. The van der Waals surface area contributed by atoms with Gasteiger partial charge < -0.3 is 4.42 Å². The average Bonchev–Trinajstić information content (AvgIpc) is 3.13. The molecular weight excluding hydrogens is 481 g/mol. The Balaban J connectivity index is 2.15. The van der Waals surface area contributed by atoms with Gasteiger partial charge in [0.2, 0.25) is 5.89 Å². The first-order chi connectivity index (χ1) is 14.7. The predicted molar refractivity (Wildman–Crippen MR) is 118 cm³/mol. The molecule has 1 unspecified atom stereocenters. The van der Waals surface area contributed by atoms with Crippen LogP contribution in [-0.2, 0) is 20.6 Å². The van der Waals surface area contributed by atoms with Gasteiger partial charge >= 0.3 is 5.51 Å². The standard InChI is InChI=1S/C20H19F3N2O4S2Si/c1-5-31(27,28)17-10-13(8-9-32(2,3)4)12-24-18(17)19-25-15-11-14(6-7-16(15)29-19)30(26)20(21,22)23/h6-7,10-12H,5H2,1-4H3. The molecular formula is C20H19F3N2O4S2Si. The summed E-state index contributed by atoms with van der Waals surface area (Å²) in [7, 11) is -8.69. The molecule has 0 fully saturated rings. The van der Waals surface area contributed by atoms with Crippen molar-refractivity contribution in [2.75, 3.05) is 5.75 Å². The molecule has 0 N–H and O–H groups in total. The summed E-state index contributed by atoms with van der Waals surface area (Å²) in [5.41, 5.74) is -1.33. The van der Waals surface area contributed by atoms with E-state index in [0.717, 1.165) is 12.1 Å². The molecule has 1 aromatic carbocycles. The monoisotopic (exact) mass is 500 g/mol. The van der Waals surface area contributed by atoms with Crippen molar-refractivity contribution in [3.05, 3.63) is 36.0 Å². The number of fused-ring (bicyclic) bond motifs is 1. The second-order valence-corrected chi connectivity index (χ2v) is 16.3. The van der Waals surface area contributed by atoms with Crippen LogP contribution in [-0.4, -0.2) is 41.9 Å². The number of hydrogen-bond acceptors (Lipinski definition) is 6. The van der Waals surface area contributed by atoms with Crippen LogP contribution in [0.5, 0.6) is 0 Å². The average molecular weight is 501 g/mol. The summed E-state index contributed by atoms with van der Waals surface area (Å²) in [6, 6.07) is 4.61. The fraction of sp³-hybridized carbons (Fsp3) is 0.300. The van der Waals surface area contributed by atoms with Gasteiger partial charge in [0.05, 0.1) is 15.5 Å². The second kappa shape index (κ2) is 8.46. The van der Waals surface area contributed by atoms with E-state index in [1.54, 1.807) is 0 Å². The summed E-state index contributed by atoms with van der Waals surface area (Å²) in [4.78, 5) is 7.68. The third kappa shape index (κ3) is 5.28. The van der Waals surface area contributed by atoms with Crippen LogP contribution in [0.1, 0.15) is 12.5 Å². The number of sulfone groups is 1. The van der Waals surface area contributed by atoms with Gasteiger partial charge in [0.15, 0.2) is 26.2 Å². The molecule has 0 aliphatic rings. The molecule has 0 bridgehead atoms. The third-order valence-electron chi connectivity index (χ3n) is 4.14. The molecule has 0 saturated heterocycles. The number of benzene rings is 1. The van der Waals surface area contributed by atoms with E-state index in [0.29, 0.717) is 5.56 Å². The minimum Gasteiger partial charge on any atom is -0.435 e. The lowest BCUT2D eigenvalue weighted by atomic mass is 10.2. The molecule has 6 nitrogen and oxygen atoms in total. The van der Waals surface area contributed by atoms with Crippen molar-refractivity contribution in [2.45, 2.75) is 41.9 Å². The first-order valence-corrected chi connectivity index (χ1v) is 15.7. The molecule has 0 amide bonds. The van der Waals surface area contributed by atoms with Gasteiger partial charge in [-0.1, -0.05) is 32.5 Å². The van der Waals surface area contributed by atoms with Crippen molar-refractivity contribution >= 4 is 39.8 Å². The lowest BCUT2D eigenvalue weighted by molar-refractivity contribution is -0.0384. The third-order valence-corrected chi connectivity index (χ3v) is 7.85. The Morgan fingerprint density at radius 3 is 2.47 bits per heavy atom. The van der Waals surface area contributed by atoms with Crippen LogP contribution in [0.4, 0.5) is 13.2 Å². The molecule has 32 heavy (non-hydrogen) atoms. The smallest absolute Gasteiger partial charge is 0.435 e. The van der Waals surface area contributed by atoms with Crippen molar-refractivity contribution < 1.29 is 30.2 Å². The molecule has 170 valence electrons. The summed E-state index contributed by atoms with van der Waals surface area (Å²) >= 11 is 0. The molecule has 3 aromatic rings. The Morgan fingerprint density at radius 1 is 1.19 bits per heavy atom. The molecule has 0 radical (unpaired) electrons. The van der Waals surface area contributed by atoms with Gasteiger partial charge in [-0.2, -0.15) is 13.2 Å². The SMILES string of the molecule is CCS(=O)(=O)c1cc(C#C[Si](C)(C)C)cnc1-c1nc2cc(S(=O)C(F)(F)F)ccc2o1. The fourth-order valence-corrected chi connectivity index (χ4v) is 4.83. The Labute approximate surface area is 186 Å². The first kappa shape index (κ1) is 24.2. The molecule has 0 spiro atoms. The van der Waals surface area contributed by atoms with Crippen LogP contribution in [0.25, 0.3) is 22.7 Å². The largest absolute Gasteiger partial charge is 0.475 e.